The van der Waals surface area contributed by atoms with Crippen LogP contribution in [0.5, 0.6) is 11.5 Å². The van der Waals surface area contributed by atoms with Crippen molar-refractivity contribution in [2.45, 2.75) is 0 Å². The largest absolute Gasteiger partial charge is 0.453 e. The van der Waals surface area contributed by atoms with Gasteiger partial charge in [0.15, 0.2) is 5.75 Å². The lowest BCUT2D eigenvalue weighted by atomic mass is 10.0. The maximum atomic E-state index is 11.6. The van der Waals surface area contributed by atoms with E-state index in [2.05, 4.69) is 34.6 Å². The number of para-hydroxylation sites is 1. The van der Waals surface area contributed by atoms with Gasteiger partial charge in [-0.3, -0.25) is 4.79 Å². The van der Waals surface area contributed by atoms with Gasteiger partial charge in [0.25, 0.3) is 0 Å². The van der Waals surface area contributed by atoms with Crippen molar-refractivity contribution in [1.82, 2.24) is 9.97 Å². The molecule has 4 aromatic carbocycles. The Labute approximate surface area is 203 Å². The van der Waals surface area contributed by atoms with Crippen LogP contribution in [0.4, 0.5) is 11.6 Å². The predicted molar refractivity (Wildman–Crippen MR) is 138 cm³/mol. The monoisotopic (exact) mass is 458 g/mol. The van der Waals surface area contributed by atoms with E-state index in [-0.39, 0.29) is 0 Å². The van der Waals surface area contributed by atoms with Crippen LogP contribution in [0.25, 0.3) is 22.4 Å². The second-order valence-electron chi connectivity index (χ2n) is 7.84. The van der Waals surface area contributed by atoms with Crippen LogP contribution in [-0.4, -0.2) is 15.9 Å². The number of nitrogens with zero attached hydrogens (tertiary/aromatic N) is 2. The number of anilines is 2. The molecule has 0 atom stereocenters. The fourth-order valence-electron chi connectivity index (χ4n) is 3.65. The maximum Gasteiger partial charge on any atom is 0.248 e. The van der Waals surface area contributed by atoms with E-state index in [1.165, 1.54) is 0 Å². The van der Waals surface area contributed by atoms with Crippen molar-refractivity contribution in [2.24, 2.45) is 5.73 Å². The van der Waals surface area contributed by atoms with Crippen molar-refractivity contribution in [3.8, 4) is 33.9 Å². The van der Waals surface area contributed by atoms with Gasteiger partial charge in [-0.05, 0) is 41.5 Å². The molecular formula is C29H22N4O2. The van der Waals surface area contributed by atoms with Gasteiger partial charge in [-0.1, -0.05) is 78.9 Å². The number of carbonyl (C=O) groups excluding carboxylic acids is 1. The van der Waals surface area contributed by atoms with E-state index in [9.17, 15) is 4.79 Å². The van der Waals surface area contributed by atoms with Gasteiger partial charge in [-0.2, -0.15) is 0 Å². The van der Waals surface area contributed by atoms with Crippen molar-refractivity contribution in [2.75, 3.05) is 5.32 Å². The Balaban J connectivity index is 1.52. The molecule has 6 heteroatoms. The minimum Gasteiger partial charge on any atom is -0.453 e. The molecule has 1 aromatic heterocycles. The summed E-state index contributed by atoms with van der Waals surface area (Å²) in [7, 11) is 0. The quantitative estimate of drug-likeness (QED) is 0.293. The summed E-state index contributed by atoms with van der Waals surface area (Å²) >= 11 is 0. The fourth-order valence-corrected chi connectivity index (χ4v) is 3.65. The van der Waals surface area contributed by atoms with Crippen molar-refractivity contribution in [3.63, 3.8) is 0 Å². The molecule has 1 heterocycles. The average molecular weight is 459 g/mol. The summed E-state index contributed by atoms with van der Waals surface area (Å²) in [5, 5.41) is 3.23. The molecule has 6 nitrogen and oxygen atoms in total. The molecule has 170 valence electrons. The molecular weight excluding hydrogens is 436 g/mol. The Morgan fingerprint density at radius 2 is 1.40 bits per heavy atom. The minimum absolute atomic E-state index is 0.361. The lowest BCUT2D eigenvalue weighted by Crippen LogP contribution is -2.10. The molecule has 0 radical (unpaired) electrons. The first-order valence-corrected chi connectivity index (χ1v) is 11.1. The third-order valence-corrected chi connectivity index (χ3v) is 5.40. The number of ether oxygens (including phenoxy) is 1. The molecule has 0 aliphatic rings. The van der Waals surface area contributed by atoms with E-state index in [1.54, 1.807) is 30.5 Å². The second kappa shape index (κ2) is 9.89. The molecule has 0 aliphatic heterocycles. The van der Waals surface area contributed by atoms with Gasteiger partial charge >= 0.3 is 0 Å². The molecule has 0 aliphatic carbocycles. The van der Waals surface area contributed by atoms with Crippen LogP contribution in [0.3, 0.4) is 0 Å². The number of nitrogens with one attached hydrogen (secondary N) is 1. The summed E-state index contributed by atoms with van der Waals surface area (Å²) in [5.41, 5.74) is 10.4. The molecule has 0 bridgehead atoms. The molecule has 0 spiro atoms. The van der Waals surface area contributed by atoms with Gasteiger partial charge in [-0.15, -0.1) is 0 Å². The standard InChI is InChI=1S/C29H22N4O2/c30-28(34)23-10-7-13-25(18-23)35-26-19-31-29(32-24-11-5-2-6-12-24)33-27(26)22-16-14-21(15-17-22)20-8-3-1-4-9-20/h1-19H,(H2,30,34)(H,31,32,33). The zero-order chi connectivity index (χ0) is 24.0. The van der Waals surface area contributed by atoms with Crippen molar-refractivity contribution in [1.29, 1.82) is 0 Å². The highest BCUT2D eigenvalue weighted by atomic mass is 16.5. The Hall–Kier alpha value is -4.97. The SMILES string of the molecule is NC(=O)c1cccc(Oc2cnc(Nc3ccccc3)nc2-c2ccc(-c3ccccc3)cc2)c1. The lowest BCUT2D eigenvalue weighted by Gasteiger charge is -2.13. The molecule has 0 fully saturated rings. The van der Waals surface area contributed by atoms with Crippen LogP contribution in [0.2, 0.25) is 0 Å². The minimum atomic E-state index is -0.522. The number of nitrogens with two attached hydrogens (primary N) is 1. The number of hydrogen-bond acceptors (Lipinski definition) is 5. The highest BCUT2D eigenvalue weighted by Gasteiger charge is 2.14. The average Bonchev–Trinajstić information content (AvgIpc) is 2.91. The van der Waals surface area contributed by atoms with Crippen LogP contribution in [0.1, 0.15) is 10.4 Å². The van der Waals surface area contributed by atoms with Gasteiger partial charge in [0.1, 0.15) is 11.4 Å². The Bertz CT molecular complexity index is 1450. The van der Waals surface area contributed by atoms with Gasteiger partial charge in [0, 0.05) is 16.8 Å². The van der Waals surface area contributed by atoms with Crippen molar-refractivity contribution < 1.29 is 9.53 Å². The molecule has 0 saturated carbocycles. The number of rotatable bonds is 7. The number of hydrogen-bond donors (Lipinski definition) is 2. The van der Waals surface area contributed by atoms with Gasteiger partial charge in [-0.25, -0.2) is 9.97 Å². The third kappa shape index (κ3) is 5.17. The van der Waals surface area contributed by atoms with Crippen molar-refractivity contribution in [3.05, 3.63) is 121 Å². The number of aromatic nitrogens is 2. The zero-order valence-corrected chi connectivity index (χ0v) is 18.8. The van der Waals surface area contributed by atoms with Gasteiger partial charge in [0.2, 0.25) is 11.9 Å². The van der Waals surface area contributed by atoms with E-state index in [0.29, 0.717) is 28.7 Å². The summed E-state index contributed by atoms with van der Waals surface area (Å²) in [4.78, 5) is 20.8. The number of carbonyl (C=O) groups is 1. The smallest absolute Gasteiger partial charge is 0.248 e. The molecule has 0 unspecified atom stereocenters. The van der Waals surface area contributed by atoms with Gasteiger partial charge < -0.3 is 15.8 Å². The summed E-state index contributed by atoms with van der Waals surface area (Å²) in [6, 6.07) is 34.7. The zero-order valence-electron chi connectivity index (χ0n) is 18.8. The summed E-state index contributed by atoms with van der Waals surface area (Å²) in [6.07, 6.45) is 1.62. The highest BCUT2D eigenvalue weighted by molar-refractivity contribution is 5.93. The van der Waals surface area contributed by atoms with Gasteiger partial charge in [0.05, 0.1) is 6.20 Å². The molecule has 5 rings (SSSR count). The number of benzene rings is 4. The van der Waals surface area contributed by atoms with E-state index in [0.717, 1.165) is 22.4 Å². The maximum absolute atomic E-state index is 11.6. The molecule has 5 aromatic rings. The first-order chi connectivity index (χ1) is 17.2. The molecule has 1 amide bonds. The molecule has 0 saturated heterocycles. The first-order valence-electron chi connectivity index (χ1n) is 11.1. The predicted octanol–water partition coefficient (Wildman–Crippen LogP) is 6.45. The lowest BCUT2D eigenvalue weighted by molar-refractivity contribution is 0.1000. The van der Waals surface area contributed by atoms with E-state index < -0.39 is 5.91 Å². The topological polar surface area (TPSA) is 90.1 Å². The normalized spacial score (nSPS) is 10.5. The van der Waals surface area contributed by atoms with Crippen LogP contribution >= 0.6 is 0 Å². The number of amides is 1. The summed E-state index contributed by atoms with van der Waals surface area (Å²) < 4.78 is 6.11. The number of primary amides is 1. The van der Waals surface area contributed by atoms with E-state index in [4.69, 9.17) is 15.5 Å². The Kier molecular flexibility index (Phi) is 6.17. The van der Waals surface area contributed by atoms with Crippen LogP contribution in [0, 0.1) is 0 Å². The third-order valence-electron chi connectivity index (χ3n) is 5.40. The van der Waals surface area contributed by atoms with Crippen LogP contribution < -0.4 is 15.8 Å². The molecule has 35 heavy (non-hydrogen) atoms. The first kappa shape index (κ1) is 21.9. The molecule has 3 N–H and O–H groups in total. The summed E-state index contributed by atoms with van der Waals surface area (Å²) in [5.74, 6) is 0.843. The highest BCUT2D eigenvalue weighted by Crippen LogP contribution is 2.34. The Morgan fingerprint density at radius 3 is 2.11 bits per heavy atom. The van der Waals surface area contributed by atoms with Crippen molar-refractivity contribution >= 4 is 17.5 Å². The van der Waals surface area contributed by atoms with Crippen LogP contribution in [0.15, 0.2) is 115 Å². The second-order valence-corrected chi connectivity index (χ2v) is 7.84. The van der Waals surface area contributed by atoms with Crippen LogP contribution in [-0.2, 0) is 0 Å². The van der Waals surface area contributed by atoms with E-state index in [1.807, 2.05) is 60.7 Å². The Morgan fingerprint density at radius 1 is 0.743 bits per heavy atom. The summed E-state index contributed by atoms with van der Waals surface area (Å²) in [6.45, 7) is 0. The fraction of sp³-hybridized carbons (Fsp3) is 0. The van der Waals surface area contributed by atoms with E-state index >= 15 is 0 Å².